The predicted molar refractivity (Wildman–Crippen MR) is 156 cm³/mol. The van der Waals surface area contributed by atoms with E-state index in [4.69, 9.17) is 9.47 Å². The van der Waals surface area contributed by atoms with Gasteiger partial charge < -0.3 is 14.8 Å². The number of fused-ring (bicyclic) bond motifs is 1. The monoisotopic (exact) mass is 576 g/mol. The lowest BCUT2D eigenvalue weighted by Crippen LogP contribution is -2.54. The summed E-state index contributed by atoms with van der Waals surface area (Å²) in [6, 6.07) is 1.87. The molecule has 0 atom stereocenters. The van der Waals surface area contributed by atoms with Gasteiger partial charge in [-0.25, -0.2) is 14.3 Å². The fourth-order valence-corrected chi connectivity index (χ4v) is 5.35. The third kappa shape index (κ3) is 7.98. The van der Waals surface area contributed by atoms with Gasteiger partial charge >= 0.3 is 17.6 Å². The van der Waals surface area contributed by atoms with Crippen LogP contribution in [-0.2, 0) is 19.1 Å². The number of carbonyl (C=O) groups is 2. The molecule has 0 radical (unpaired) electrons. The third-order valence-electron chi connectivity index (χ3n) is 6.49. The third-order valence-corrected chi connectivity index (χ3v) is 7.51. The predicted octanol–water partition coefficient (Wildman–Crippen LogP) is 4.80. The second-order valence-corrected chi connectivity index (χ2v) is 10.9. The molecule has 0 spiro atoms. The van der Waals surface area contributed by atoms with Crippen molar-refractivity contribution in [3.05, 3.63) is 17.5 Å². The van der Waals surface area contributed by atoms with Gasteiger partial charge in [0.1, 0.15) is 0 Å². The standard InChI is InChI=1S/C27H44N8O4S/c1-6-9-10-11-12-13-14-15-16-17-18-40-26-31-30-24-28-27(22(36)38-7-2,23(37)39-8-3)29-25(33-35(24)26)34-21(5)19-20(4)32-34/h19H,6-18H2,1-5H3,(H,28,30)(H,29,33). The van der Waals surface area contributed by atoms with E-state index < -0.39 is 17.6 Å². The number of hydrogen-bond donors (Lipinski definition) is 2. The maximum Gasteiger partial charge on any atom is 0.367 e. The molecule has 0 unspecified atom stereocenters. The molecule has 1 aliphatic rings. The molecule has 12 nitrogen and oxygen atoms in total. The summed E-state index contributed by atoms with van der Waals surface area (Å²) < 4.78 is 13.6. The van der Waals surface area contributed by atoms with Crippen molar-refractivity contribution in [2.75, 3.05) is 29.7 Å². The maximum absolute atomic E-state index is 13.2. The summed E-state index contributed by atoms with van der Waals surface area (Å²) in [5.41, 5.74) is 2.42. The maximum atomic E-state index is 13.2. The number of aromatic nitrogens is 5. The van der Waals surface area contributed by atoms with Gasteiger partial charge in [-0.3, -0.25) is 5.43 Å². The molecule has 222 valence electrons. The number of esters is 2. The van der Waals surface area contributed by atoms with E-state index in [1.54, 1.807) is 30.3 Å². The zero-order valence-electron chi connectivity index (χ0n) is 24.5. The molecule has 0 saturated carbocycles. The highest BCUT2D eigenvalue weighted by molar-refractivity contribution is 7.99. The number of ether oxygens (including phenoxy) is 2. The van der Waals surface area contributed by atoms with Crippen molar-refractivity contribution in [2.45, 2.75) is 110 Å². The molecule has 13 heteroatoms. The van der Waals surface area contributed by atoms with Crippen molar-refractivity contribution in [3.8, 4) is 0 Å². The van der Waals surface area contributed by atoms with Crippen molar-refractivity contribution < 1.29 is 19.1 Å². The van der Waals surface area contributed by atoms with Gasteiger partial charge in [0.25, 0.3) is 0 Å². The number of thioether (sulfide) groups is 1. The number of aryl methyl sites for hydroxylation is 2. The Morgan fingerprint density at radius 3 is 2.05 bits per heavy atom. The van der Waals surface area contributed by atoms with Crippen LogP contribution in [0.5, 0.6) is 0 Å². The summed E-state index contributed by atoms with van der Waals surface area (Å²) in [6.07, 6.45) is 12.7. The van der Waals surface area contributed by atoms with Crippen LogP contribution in [-0.4, -0.2) is 67.2 Å². The van der Waals surface area contributed by atoms with Crippen molar-refractivity contribution >= 4 is 35.6 Å². The molecule has 2 N–H and O–H groups in total. The zero-order chi connectivity index (χ0) is 29.0. The lowest BCUT2D eigenvalue weighted by Gasteiger charge is -2.25. The Balaban J connectivity index is 1.75. The van der Waals surface area contributed by atoms with Crippen molar-refractivity contribution in [2.24, 2.45) is 4.99 Å². The average molecular weight is 577 g/mol. The number of nitrogens with zero attached hydrogens (tertiary/aromatic N) is 6. The van der Waals surface area contributed by atoms with Crippen LogP contribution in [0, 0.1) is 13.8 Å². The normalized spacial score (nSPS) is 14.0. The average Bonchev–Trinajstić information content (AvgIpc) is 3.40. The molecular formula is C27H44N8O4S. The smallest absolute Gasteiger partial charge is 0.367 e. The van der Waals surface area contributed by atoms with Gasteiger partial charge in [-0.15, -0.1) is 10.2 Å². The van der Waals surface area contributed by atoms with E-state index in [-0.39, 0.29) is 25.1 Å². The second kappa shape index (κ2) is 15.6. The number of aliphatic imine (C=N–C) groups is 1. The van der Waals surface area contributed by atoms with Gasteiger partial charge in [-0.05, 0) is 40.2 Å². The highest BCUT2D eigenvalue weighted by atomic mass is 32.2. The number of anilines is 1. The van der Waals surface area contributed by atoms with Gasteiger partial charge in [0, 0.05) is 11.4 Å². The summed E-state index contributed by atoms with van der Waals surface area (Å²) >= 11 is 1.54. The van der Waals surface area contributed by atoms with Crippen LogP contribution in [0.25, 0.3) is 0 Å². The first-order valence-corrected chi connectivity index (χ1v) is 15.5. The quantitative estimate of drug-likeness (QED) is 0.124. The van der Waals surface area contributed by atoms with Crippen LogP contribution in [0.2, 0.25) is 0 Å². The number of rotatable bonds is 16. The molecule has 0 fully saturated rings. The van der Waals surface area contributed by atoms with Crippen LogP contribution in [0.3, 0.4) is 0 Å². The molecule has 3 heterocycles. The first-order valence-electron chi connectivity index (χ1n) is 14.5. The Morgan fingerprint density at radius 1 is 0.900 bits per heavy atom. The fraction of sp³-hybridized carbons (Fsp3) is 0.704. The number of hydrogen-bond acceptors (Lipinski definition) is 11. The molecule has 0 aliphatic carbocycles. The Hall–Kier alpha value is -3.09. The van der Waals surface area contributed by atoms with Crippen LogP contribution in [0.1, 0.15) is 96.4 Å². The van der Waals surface area contributed by atoms with E-state index >= 15 is 0 Å². The Kier molecular flexibility index (Phi) is 12.3. The van der Waals surface area contributed by atoms with E-state index in [0.717, 1.165) is 30.0 Å². The Bertz CT molecular complexity index is 1130. The topological polar surface area (TPSA) is 138 Å². The number of nitrogens with one attached hydrogen (secondary N) is 2. The first-order chi connectivity index (χ1) is 19.4. The van der Waals surface area contributed by atoms with Crippen LogP contribution < -0.4 is 10.7 Å². The molecule has 2 aromatic rings. The minimum Gasteiger partial charge on any atom is -0.462 e. The fourth-order valence-electron chi connectivity index (χ4n) is 4.46. The van der Waals surface area contributed by atoms with E-state index in [2.05, 4.69) is 38.0 Å². The summed E-state index contributed by atoms with van der Waals surface area (Å²) in [5, 5.41) is 16.5. The van der Waals surface area contributed by atoms with Crippen LogP contribution in [0.15, 0.2) is 16.2 Å². The lowest BCUT2D eigenvalue weighted by molar-refractivity contribution is -0.162. The molecule has 1 aliphatic heterocycles. The molecule has 40 heavy (non-hydrogen) atoms. The highest BCUT2D eigenvalue weighted by Crippen LogP contribution is 2.27. The van der Waals surface area contributed by atoms with Gasteiger partial charge in [0.15, 0.2) is 0 Å². The highest BCUT2D eigenvalue weighted by Gasteiger charge is 2.53. The van der Waals surface area contributed by atoms with Gasteiger partial charge in [0.2, 0.25) is 17.1 Å². The molecular weight excluding hydrogens is 532 g/mol. The largest absolute Gasteiger partial charge is 0.462 e. The Morgan fingerprint density at radius 2 is 1.50 bits per heavy atom. The van der Waals surface area contributed by atoms with Gasteiger partial charge in [0.05, 0.1) is 18.9 Å². The minimum absolute atomic E-state index is 0.0481. The van der Waals surface area contributed by atoms with E-state index in [0.29, 0.717) is 5.16 Å². The SMILES string of the molecule is CCCCCCCCCCCCSc1nnc2n1NC(n1nc(C)cc1C)=NC(C(=O)OCC)(C(=O)OCC)N2. The van der Waals surface area contributed by atoms with Crippen molar-refractivity contribution in [1.29, 1.82) is 0 Å². The summed E-state index contributed by atoms with van der Waals surface area (Å²) in [6.45, 7) is 9.35. The lowest BCUT2D eigenvalue weighted by atomic mass is 10.1. The summed E-state index contributed by atoms with van der Waals surface area (Å²) in [5.74, 6) is -0.718. The van der Waals surface area contributed by atoms with Gasteiger partial charge in [-0.1, -0.05) is 76.5 Å². The van der Waals surface area contributed by atoms with Crippen molar-refractivity contribution in [3.63, 3.8) is 0 Å². The van der Waals surface area contributed by atoms with Crippen LogP contribution in [0.4, 0.5) is 5.95 Å². The molecule has 0 bridgehead atoms. The molecule has 2 aromatic heterocycles. The summed E-state index contributed by atoms with van der Waals surface area (Å²) in [4.78, 5) is 31.0. The minimum atomic E-state index is -2.24. The number of unbranched alkanes of at least 4 members (excludes halogenated alkanes) is 9. The van der Waals surface area contributed by atoms with E-state index in [1.807, 2.05) is 19.9 Å². The summed E-state index contributed by atoms with van der Waals surface area (Å²) in [7, 11) is 0. The molecule has 0 aromatic carbocycles. The van der Waals surface area contributed by atoms with E-state index in [9.17, 15) is 9.59 Å². The molecule has 0 amide bonds. The molecule has 3 rings (SSSR count). The first kappa shape index (κ1) is 31.4. The molecule has 0 saturated heterocycles. The van der Waals surface area contributed by atoms with Crippen molar-refractivity contribution in [1.82, 2.24) is 24.7 Å². The second-order valence-electron chi connectivity index (χ2n) is 9.83. The zero-order valence-corrected chi connectivity index (χ0v) is 25.3. The van der Waals surface area contributed by atoms with Crippen LogP contribution >= 0.6 is 11.8 Å². The Labute approximate surface area is 241 Å². The van der Waals surface area contributed by atoms with E-state index in [1.165, 1.54) is 56.0 Å². The number of carbonyl (C=O) groups excluding carboxylic acids is 2. The van der Waals surface area contributed by atoms with Gasteiger partial charge in [-0.2, -0.15) is 14.8 Å².